The summed E-state index contributed by atoms with van der Waals surface area (Å²) in [5.74, 6) is 0. The SMILES string of the molecule is CC(C)(C)OC(=O)NC1CCC(N[C@@H]2C[C@]2(F)c2ccccc2)CC1. The van der Waals surface area contributed by atoms with E-state index in [-0.39, 0.29) is 18.2 Å². The summed E-state index contributed by atoms with van der Waals surface area (Å²) in [5.41, 5.74) is -0.920. The summed E-state index contributed by atoms with van der Waals surface area (Å²) in [6, 6.07) is 9.80. The van der Waals surface area contributed by atoms with Gasteiger partial charge in [0.05, 0.1) is 0 Å². The fourth-order valence-electron chi connectivity index (χ4n) is 3.63. The first-order chi connectivity index (χ1) is 11.8. The highest BCUT2D eigenvalue weighted by molar-refractivity contribution is 5.68. The molecule has 2 N–H and O–H groups in total. The molecule has 4 nitrogen and oxygen atoms in total. The Balaban J connectivity index is 1.41. The van der Waals surface area contributed by atoms with Crippen LogP contribution >= 0.6 is 0 Å². The highest BCUT2D eigenvalue weighted by atomic mass is 19.1. The molecule has 0 unspecified atom stereocenters. The Labute approximate surface area is 149 Å². The first-order valence-electron chi connectivity index (χ1n) is 9.26. The van der Waals surface area contributed by atoms with Gasteiger partial charge in [-0.1, -0.05) is 30.3 Å². The number of alkyl carbamates (subject to hydrolysis) is 1. The molecule has 3 rings (SSSR count). The molecule has 0 aromatic heterocycles. The summed E-state index contributed by atoms with van der Waals surface area (Å²) in [5, 5.41) is 6.42. The van der Waals surface area contributed by atoms with Gasteiger partial charge in [-0.3, -0.25) is 0 Å². The molecule has 2 fully saturated rings. The van der Waals surface area contributed by atoms with Gasteiger partial charge in [0.2, 0.25) is 0 Å². The molecule has 25 heavy (non-hydrogen) atoms. The van der Waals surface area contributed by atoms with Crippen molar-refractivity contribution in [2.75, 3.05) is 0 Å². The van der Waals surface area contributed by atoms with Crippen LogP contribution in [0.5, 0.6) is 0 Å². The lowest BCUT2D eigenvalue weighted by Crippen LogP contribution is -2.44. The maximum absolute atomic E-state index is 14.9. The van der Waals surface area contributed by atoms with E-state index in [1.807, 2.05) is 51.1 Å². The van der Waals surface area contributed by atoms with Crippen LogP contribution in [0.4, 0.5) is 9.18 Å². The van der Waals surface area contributed by atoms with Crippen LogP contribution in [-0.2, 0) is 10.4 Å². The van der Waals surface area contributed by atoms with Crippen molar-refractivity contribution in [1.29, 1.82) is 0 Å². The van der Waals surface area contributed by atoms with Crippen molar-refractivity contribution in [2.24, 2.45) is 0 Å². The van der Waals surface area contributed by atoms with Crippen LogP contribution in [0.25, 0.3) is 0 Å². The fraction of sp³-hybridized carbons (Fsp3) is 0.650. The van der Waals surface area contributed by atoms with E-state index >= 15 is 0 Å². The van der Waals surface area contributed by atoms with Crippen LogP contribution in [0.3, 0.4) is 0 Å². The van der Waals surface area contributed by atoms with Crippen LogP contribution < -0.4 is 10.6 Å². The third kappa shape index (κ3) is 4.72. The van der Waals surface area contributed by atoms with E-state index in [0.717, 1.165) is 31.2 Å². The lowest BCUT2D eigenvalue weighted by Gasteiger charge is -2.31. The first kappa shape index (κ1) is 18.2. The Kier molecular flexibility index (Phi) is 5.05. The van der Waals surface area contributed by atoms with Gasteiger partial charge in [0, 0.05) is 24.5 Å². The number of hydrogen-bond donors (Lipinski definition) is 2. The van der Waals surface area contributed by atoms with Crippen molar-refractivity contribution in [3.05, 3.63) is 35.9 Å². The highest BCUT2D eigenvalue weighted by Gasteiger charge is 2.57. The minimum atomic E-state index is -1.22. The molecule has 2 atom stereocenters. The molecule has 2 aliphatic carbocycles. The molecule has 1 amide bonds. The number of carbonyl (C=O) groups is 1. The smallest absolute Gasteiger partial charge is 0.407 e. The molecule has 0 saturated heterocycles. The fourth-order valence-corrected chi connectivity index (χ4v) is 3.63. The molecule has 0 spiro atoms. The van der Waals surface area contributed by atoms with Gasteiger partial charge in [-0.25, -0.2) is 9.18 Å². The van der Waals surface area contributed by atoms with E-state index in [0.29, 0.717) is 12.5 Å². The molecule has 2 saturated carbocycles. The molecule has 5 heteroatoms. The summed E-state index contributed by atoms with van der Waals surface area (Å²) >= 11 is 0. The van der Waals surface area contributed by atoms with Gasteiger partial charge in [-0.15, -0.1) is 0 Å². The van der Waals surface area contributed by atoms with Gasteiger partial charge < -0.3 is 15.4 Å². The van der Waals surface area contributed by atoms with Crippen molar-refractivity contribution >= 4 is 6.09 Å². The maximum Gasteiger partial charge on any atom is 0.407 e. The van der Waals surface area contributed by atoms with Gasteiger partial charge >= 0.3 is 6.09 Å². The first-order valence-corrected chi connectivity index (χ1v) is 9.26. The maximum atomic E-state index is 14.9. The zero-order valence-electron chi connectivity index (χ0n) is 15.3. The average molecular weight is 348 g/mol. The predicted molar refractivity (Wildman–Crippen MR) is 96.2 cm³/mol. The average Bonchev–Trinajstić information content (AvgIpc) is 3.20. The topological polar surface area (TPSA) is 50.4 Å². The van der Waals surface area contributed by atoms with Gasteiger partial charge in [0.25, 0.3) is 0 Å². The Morgan fingerprint density at radius 2 is 1.72 bits per heavy atom. The van der Waals surface area contributed by atoms with Crippen LogP contribution in [0.2, 0.25) is 0 Å². The number of ether oxygens (including phenoxy) is 1. The molecule has 2 aliphatic rings. The quantitative estimate of drug-likeness (QED) is 0.863. The Morgan fingerprint density at radius 1 is 1.12 bits per heavy atom. The third-order valence-electron chi connectivity index (χ3n) is 5.03. The predicted octanol–water partition coefficient (Wildman–Crippen LogP) is 4.05. The molecular formula is C20H29FN2O2. The van der Waals surface area contributed by atoms with E-state index < -0.39 is 11.3 Å². The molecule has 138 valence electrons. The molecule has 0 aliphatic heterocycles. The number of nitrogens with one attached hydrogen (secondary N) is 2. The third-order valence-corrected chi connectivity index (χ3v) is 5.03. The second-order valence-electron chi connectivity index (χ2n) is 8.35. The number of alkyl halides is 1. The largest absolute Gasteiger partial charge is 0.444 e. The number of amides is 1. The van der Waals surface area contributed by atoms with Crippen molar-refractivity contribution in [1.82, 2.24) is 10.6 Å². The van der Waals surface area contributed by atoms with E-state index in [9.17, 15) is 9.18 Å². The summed E-state index contributed by atoms with van der Waals surface area (Å²) in [4.78, 5) is 11.8. The molecular weight excluding hydrogens is 319 g/mol. The number of halogens is 1. The van der Waals surface area contributed by atoms with Crippen LogP contribution in [0.15, 0.2) is 30.3 Å². The molecule has 0 bridgehead atoms. The lowest BCUT2D eigenvalue weighted by atomic mass is 9.91. The second-order valence-corrected chi connectivity index (χ2v) is 8.35. The highest BCUT2D eigenvalue weighted by Crippen LogP contribution is 2.50. The van der Waals surface area contributed by atoms with E-state index in [2.05, 4.69) is 10.6 Å². The van der Waals surface area contributed by atoms with Crippen molar-refractivity contribution < 1.29 is 13.9 Å². The summed E-state index contributed by atoms with van der Waals surface area (Å²) < 4.78 is 20.2. The zero-order chi connectivity index (χ0) is 18.1. The standard InChI is InChI=1S/C20H29FN2O2/c1-19(2,3)25-18(24)23-16-11-9-15(10-12-16)22-17-13-20(17,21)14-7-5-4-6-8-14/h4-8,15-17,22H,9-13H2,1-3H3,(H,23,24)/t15?,16?,17-,20+/m1/s1. The van der Waals surface area contributed by atoms with Gasteiger partial charge in [0.1, 0.15) is 5.60 Å². The number of hydrogen-bond acceptors (Lipinski definition) is 3. The second kappa shape index (κ2) is 6.94. The number of rotatable bonds is 4. The lowest BCUT2D eigenvalue weighted by molar-refractivity contribution is 0.0489. The van der Waals surface area contributed by atoms with E-state index in [4.69, 9.17) is 4.74 Å². The Hall–Kier alpha value is -1.62. The minimum absolute atomic E-state index is 0.0877. The molecule has 1 aromatic carbocycles. The van der Waals surface area contributed by atoms with Gasteiger partial charge in [-0.2, -0.15) is 0 Å². The van der Waals surface area contributed by atoms with Gasteiger partial charge in [-0.05, 0) is 52.0 Å². The van der Waals surface area contributed by atoms with Gasteiger partial charge in [0.15, 0.2) is 5.67 Å². The Bertz CT molecular complexity index is 593. The molecule has 1 aromatic rings. The summed E-state index contributed by atoms with van der Waals surface area (Å²) in [7, 11) is 0. The summed E-state index contributed by atoms with van der Waals surface area (Å²) in [6.45, 7) is 5.58. The number of carbonyl (C=O) groups excluding carboxylic acids is 1. The van der Waals surface area contributed by atoms with Crippen LogP contribution in [0.1, 0.15) is 58.4 Å². The molecule has 0 heterocycles. The number of benzene rings is 1. The summed E-state index contributed by atoms with van der Waals surface area (Å²) in [6.07, 6.45) is 3.89. The monoisotopic (exact) mass is 348 g/mol. The van der Waals surface area contributed by atoms with Crippen molar-refractivity contribution in [3.8, 4) is 0 Å². The van der Waals surface area contributed by atoms with Crippen molar-refractivity contribution in [3.63, 3.8) is 0 Å². The van der Waals surface area contributed by atoms with Crippen molar-refractivity contribution in [2.45, 2.75) is 82.3 Å². The van der Waals surface area contributed by atoms with Crippen LogP contribution in [-0.4, -0.2) is 29.8 Å². The molecule has 0 radical (unpaired) electrons. The van der Waals surface area contributed by atoms with Crippen LogP contribution in [0, 0.1) is 0 Å². The normalized spacial score (nSPS) is 32.1. The minimum Gasteiger partial charge on any atom is -0.444 e. The Morgan fingerprint density at radius 3 is 2.32 bits per heavy atom. The van der Waals surface area contributed by atoms with E-state index in [1.165, 1.54) is 0 Å². The zero-order valence-corrected chi connectivity index (χ0v) is 15.3. The van der Waals surface area contributed by atoms with E-state index in [1.54, 1.807) is 0 Å².